The summed E-state index contributed by atoms with van der Waals surface area (Å²) in [7, 11) is 0. The molecule has 0 aliphatic heterocycles. The van der Waals surface area contributed by atoms with Gasteiger partial charge in [-0.1, -0.05) is 30.3 Å². The van der Waals surface area contributed by atoms with Crippen LogP contribution in [0.2, 0.25) is 0 Å². The SMILES string of the molecule is Nc1ccccc1NC(=O)NC1CCc2cc(C(=O)Nc3ccccc3N)ccc21. The monoisotopic (exact) mass is 401 g/mol. The number of carbonyl (C=O) groups is 2. The van der Waals surface area contributed by atoms with E-state index in [1.165, 1.54) is 0 Å². The van der Waals surface area contributed by atoms with Crippen LogP contribution in [0.4, 0.5) is 27.5 Å². The Balaban J connectivity index is 1.43. The molecule has 0 saturated carbocycles. The first-order chi connectivity index (χ1) is 14.5. The van der Waals surface area contributed by atoms with Crippen LogP contribution in [-0.2, 0) is 6.42 Å². The number of anilines is 4. The third-order valence-electron chi connectivity index (χ3n) is 5.21. The van der Waals surface area contributed by atoms with E-state index in [-0.39, 0.29) is 18.0 Å². The maximum Gasteiger partial charge on any atom is 0.319 e. The molecule has 7 N–H and O–H groups in total. The van der Waals surface area contributed by atoms with Crippen LogP contribution in [-0.4, -0.2) is 11.9 Å². The molecular weight excluding hydrogens is 378 g/mol. The summed E-state index contributed by atoms with van der Waals surface area (Å²) in [4.78, 5) is 25.0. The maximum absolute atomic E-state index is 12.6. The molecule has 3 aromatic carbocycles. The van der Waals surface area contributed by atoms with Crippen molar-refractivity contribution < 1.29 is 9.59 Å². The van der Waals surface area contributed by atoms with Crippen LogP contribution < -0.4 is 27.4 Å². The Morgan fingerprint density at radius 3 is 2.13 bits per heavy atom. The second-order valence-corrected chi connectivity index (χ2v) is 7.23. The zero-order valence-corrected chi connectivity index (χ0v) is 16.3. The molecule has 30 heavy (non-hydrogen) atoms. The summed E-state index contributed by atoms with van der Waals surface area (Å²) in [5, 5.41) is 8.60. The van der Waals surface area contributed by atoms with Crippen molar-refractivity contribution in [2.24, 2.45) is 0 Å². The minimum atomic E-state index is -0.313. The molecule has 0 spiro atoms. The first-order valence-electron chi connectivity index (χ1n) is 9.72. The second kappa shape index (κ2) is 8.16. The van der Waals surface area contributed by atoms with Gasteiger partial charge < -0.3 is 27.4 Å². The van der Waals surface area contributed by atoms with Gasteiger partial charge in [0.05, 0.1) is 28.8 Å². The lowest BCUT2D eigenvalue weighted by Crippen LogP contribution is -2.31. The van der Waals surface area contributed by atoms with Crippen LogP contribution in [0.15, 0.2) is 66.7 Å². The highest BCUT2D eigenvalue weighted by Crippen LogP contribution is 2.32. The summed E-state index contributed by atoms with van der Waals surface area (Å²) < 4.78 is 0. The fourth-order valence-corrected chi connectivity index (χ4v) is 3.64. The van der Waals surface area contributed by atoms with E-state index in [9.17, 15) is 9.59 Å². The summed E-state index contributed by atoms with van der Waals surface area (Å²) in [6.07, 6.45) is 1.55. The molecule has 7 nitrogen and oxygen atoms in total. The lowest BCUT2D eigenvalue weighted by atomic mass is 10.0. The number of aryl methyl sites for hydroxylation is 1. The molecule has 1 aliphatic rings. The molecule has 1 unspecified atom stereocenters. The van der Waals surface area contributed by atoms with Gasteiger partial charge in [0, 0.05) is 5.56 Å². The molecule has 3 amide bonds. The topological polar surface area (TPSA) is 122 Å². The summed E-state index contributed by atoms with van der Waals surface area (Å²) in [6, 6.07) is 19.3. The van der Waals surface area contributed by atoms with E-state index in [0.717, 1.165) is 24.0 Å². The van der Waals surface area contributed by atoms with Crippen molar-refractivity contribution in [3.8, 4) is 0 Å². The molecular formula is C23H23N5O2. The zero-order chi connectivity index (χ0) is 21.1. The zero-order valence-electron chi connectivity index (χ0n) is 16.3. The molecule has 0 fully saturated rings. The number of nitrogens with one attached hydrogen (secondary N) is 3. The van der Waals surface area contributed by atoms with Gasteiger partial charge in [-0.2, -0.15) is 0 Å². The fraction of sp³-hybridized carbons (Fsp3) is 0.130. The van der Waals surface area contributed by atoms with E-state index in [0.29, 0.717) is 28.3 Å². The van der Waals surface area contributed by atoms with E-state index in [1.54, 1.807) is 30.3 Å². The number of carbonyl (C=O) groups excluding carboxylic acids is 2. The Hall–Kier alpha value is -4.00. The number of hydrogen-bond acceptors (Lipinski definition) is 4. The van der Waals surface area contributed by atoms with Crippen LogP contribution in [0, 0.1) is 0 Å². The quantitative estimate of drug-likeness (QED) is 0.425. The number of amides is 3. The average Bonchev–Trinajstić information content (AvgIpc) is 3.13. The van der Waals surface area contributed by atoms with E-state index in [4.69, 9.17) is 11.5 Å². The first kappa shape index (κ1) is 19.3. The van der Waals surface area contributed by atoms with Crippen LogP contribution >= 0.6 is 0 Å². The number of nitrogen functional groups attached to an aromatic ring is 2. The van der Waals surface area contributed by atoms with Gasteiger partial charge >= 0.3 is 6.03 Å². The highest BCUT2D eigenvalue weighted by Gasteiger charge is 2.25. The molecule has 0 bridgehead atoms. The standard InChI is InChI=1S/C23H23N5O2/c24-17-5-1-3-7-20(17)26-22(29)15-9-11-16-14(13-15)10-12-19(16)27-23(30)28-21-8-4-2-6-18(21)25/h1-9,11,13,19H,10,12,24-25H2,(H,26,29)(H2,27,28,30). The number of benzene rings is 3. The van der Waals surface area contributed by atoms with Crippen molar-refractivity contribution >= 4 is 34.7 Å². The van der Waals surface area contributed by atoms with Crippen molar-refractivity contribution in [2.45, 2.75) is 18.9 Å². The van der Waals surface area contributed by atoms with Crippen molar-refractivity contribution in [1.29, 1.82) is 0 Å². The molecule has 1 aliphatic carbocycles. The predicted molar refractivity (Wildman–Crippen MR) is 119 cm³/mol. The van der Waals surface area contributed by atoms with Gasteiger partial charge in [-0.05, 0) is 60.4 Å². The van der Waals surface area contributed by atoms with Crippen molar-refractivity contribution in [1.82, 2.24) is 5.32 Å². The van der Waals surface area contributed by atoms with Crippen LogP contribution in [0.25, 0.3) is 0 Å². The molecule has 3 aromatic rings. The lowest BCUT2D eigenvalue weighted by molar-refractivity contribution is 0.102. The van der Waals surface area contributed by atoms with E-state index >= 15 is 0 Å². The number of nitrogens with two attached hydrogens (primary N) is 2. The third-order valence-corrected chi connectivity index (χ3v) is 5.21. The van der Waals surface area contributed by atoms with Gasteiger partial charge in [0.2, 0.25) is 0 Å². The molecule has 1 atom stereocenters. The average molecular weight is 401 g/mol. The first-order valence-corrected chi connectivity index (χ1v) is 9.72. The molecule has 0 heterocycles. The largest absolute Gasteiger partial charge is 0.397 e. The minimum Gasteiger partial charge on any atom is -0.397 e. The Kier molecular flexibility index (Phi) is 5.26. The van der Waals surface area contributed by atoms with Gasteiger partial charge in [-0.25, -0.2) is 4.79 Å². The fourth-order valence-electron chi connectivity index (χ4n) is 3.64. The number of hydrogen-bond donors (Lipinski definition) is 5. The van der Waals surface area contributed by atoms with Crippen LogP contribution in [0.1, 0.15) is 33.9 Å². The number of urea groups is 1. The summed E-state index contributed by atoms with van der Waals surface area (Å²) in [6.45, 7) is 0. The van der Waals surface area contributed by atoms with Crippen molar-refractivity contribution in [3.63, 3.8) is 0 Å². The minimum absolute atomic E-state index is 0.119. The smallest absolute Gasteiger partial charge is 0.319 e. The van der Waals surface area contributed by atoms with Gasteiger partial charge in [0.25, 0.3) is 5.91 Å². The highest BCUT2D eigenvalue weighted by atomic mass is 16.2. The van der Waals surface area contributed by atoms with Crippen molar-refractivity contribution in [2.75, 3.05) is 22.1 Å². The maximum atomic E-state index is 12.6. The second-order valence-electron chi connectivity index (χ2n) is 7.23. The Morgan fingerprint density at radius 1 is 0.833 bits per heavy atom. The Labute approximate surface area is 174 Å². The molecule has 0 saturated heterocycles. The van der Waals surface area contributed by atoms with Crippen molar-refractivity contribution in [3.05, 3.63) is 83.4 Å². The number of rotatable bonds is 4. The summed E-state index contributed by atoms with van der Waals surface area (Å²) >= 11 is 0. The highest BCUT2D eigenvalue weighted by molar-refractivity contribution is 6.06. The Bertz CT molecular complexity index is 1110. The summed E-state index contributed by atoms with van der Waals surface area (Å²) in [5.41, 5.74) is 16.6. The Morgan fingerprint density at radius 2 is 1.47 bits per heavy atom. The molecule has 4 rings (SSSR count). The van der Waals surface area contributed by atoms with Crippen LogP contribution in [0.3, 0.4) is 0 Å². The molecule has 152 valence electrons. The van der Waals surface area contributed by atoms with Crippen LogP contribution in [0.5, 0.6) is 0 Å². The van der Waals surface area contributed by atoms with E-state index in [1.807, 2.05) is 36.4 Å². The molecule has 0 radical (unpaired) electrons. The van der Waals surface area contributed by atoms with E-state index < -0.39 is 0 Å². The lowest BCUT2D eigenvalue weighted by Gasteiger charge is -2.16. The van der Waals surface area contributed by atoms with Gasteiger partial charge in [0.1, 0.15) is 0 Å². The van der Waals surface area contributed by atoms with Gasteiger partial charge in [-0.15, -0.1) is 0 Å². The van der Waals surface area contributed by atoms with Gasteiger partial charge in [-0.3, -0.25) is 4.79 Å². The molecule has 0 aromatic heterocycles. The van der Waals surface area contributed by atoms with Gasteiger partial charge in [0.15, 0.2) is 0 Å². The third kappa shape index (κ3) is 4.05. The normalized spacial score (nSPS) is 14.6. The summed E-state index contributed by atoms with van der Waals surface area (Å²) in [5.74, 6) is -0.218. The van der Waals surface area contributed by atoms with E-state index in [2.05, 4.69) is 16.0 Å². The number of fused-ring (bicyclic) bond motifs is 1. The number of para-hydroxylation sites is 4. The predicted octanol–water partition coefficient (Wildman–Crippen LogP) is 3.91. The molecule has 7 heteroatoms.